The quantitative estimate of drug-likeness (QED) is 0.767. The normalized spacial score (nSPS) is 19.9. The molecule has 1 aromatic rings. The summed E-state index contributed by atoms with van der Waals surface area (Å²) in [6, 6.07) is 8.44. The first-order valence-electron chi connectivity index (χ1n) is 6.59. The molecule has 98 valence electrons. The Kier molecular flexibility index (Phi) is 4.59. The van der Waals surface area contributed by atoms with Gasteiger partial charge in [0.05, 0.1) is 0 Å². The van der Waals surface area contributed by atoms with Crippen molar-refractivity contribution in [3.63, 3.8) is 0 Å². The summed E-state index contributed by atoms with van der Waals surface area (Å²) in [6.07, 6.45) is 3.59. The van der Waals surface area contributed by atoms with Crippen molar-refractivity contribution < 1.29 is 4.79 Å². The lowest BCUT2D eigenvalue weighted by Gasteiger charge is -2.17. The molecule has 1 saturated heterocycles. The zero-order chi connectivity index (χ0) is 12.8. The second kappa shape index (κ2) is 6.40. The van der Waals surface area contributed by atoms with Gasteiger partial charge in [-0.3, -0.25) is 4.79 Å². The van der Waals surface area contributed by atoms with Gasteiger partial charge in [0.25, 0.3) is 0 Å². The molecule has 2 rings (SSSR count). The first kappa shape index (κ1) is 12.9. The maximum Gasteiger partial charge on any atom is 0.221 e. The standard InChI is InChI=1S/C14H21N3O/c1-11(18)16-13-4-6-14(7-5-13)17-12-3-2-9-15-10-8-12/h4-7,12,15,17H,2-3,8-10H2,1H3,(H,16,18). The molecule has 4 nitrogen and oxygen atoms in total. The molecule has 0 aliphatic carbocycles. The molecule has 4 heteroatoms. The highest BCUT2D eigenvalue weighted by Gasteiger charge is 2.11. The van der Waals surface area contributed by atoms with Gasteiger partial charge in [0, 0.05) is 24.3 Å². The molecule has 0 spiro atoms. The van der Waals surface area contributed by atoms with Gasteiger partial charge in [-0.2, -0.15) is 0 Å². The van der Waals surface area contributed by atoms with Crippen molar-refractivity contribution in [1.29, 1.82) is 0 Å². The third-order valence-electron chi connectivity index (χ3n) is 3.15. The van der Waals surface area contributed by atoms with E-state index in [9.17, 15) is 4.79 Å². The van der Waals surface area contributed by atoms with Crippen molar-refractivity contribution in [1.82, 2.24) is 5.32 Å². The molecule has 0 radical (unpaired) electrons. The van der Waals surface area contributed by atoms with Crippen LogP contribution in [0.5, 0.6) is 0 Å². The maximum absolute atomic E-state index is 10.9. The third kappa shape index (κ3) is 4.04. The van der Waals surface area contributed by atoms with Gasteiger partial charge < -0.3 is 16.0 Å². The van der Waals surface area contributed by atoms with E-state index < -0.39 is 0 Å². The molecule has 1 unspecified atom stereocenters. The number of nitrogens with one attached hydrogen (secondary N) is 3. The van der Waals surface area contributed by atoms with Crippen LogP contribution in [0.1, 0.15) is 26.2 Å². The largest absolute Gasteiger partial charge is 0.382 e. The molecule has 1 aromatic carbocycles. The zero-order valence-corrected chi connectivity index (χ0v) is 10.8. The highest BCUT2D eigenvalue weighted by Crippen LogP contribution is 2.17. The average molecular weight is 247 g/mol. The topological polar surface area (TPSA) is 53.2 Å². The van der Waals surface area contributed by atoms with E-state index in [-0.39, 0.29) is 5.91 Å². The van der Waals surface area contributed by atoms with Crippen LogP contribution in [0.3, 0.4) is 0 Å². The van der Waals surface area contributed by atoms with Crippen LogP contribution >= 0.6 is 0 Å². The number of benzene rings is 1. The molecular weight excluding hydrogens is 226 g/mol. The minimum atomic E-state index is -0.0365. The summed E-state index contributed by atoms with van der Waals surface area (Å²) >= 11 is 0. The van der Waals surface area contributed by atoms with E-state index in [2.05, 4.69) is 16.0 Å². The predicted octanol–water partition coefficient (Wildman–Crippen LogP) is 2.20. The van der Waals surface area contributed by atoms with Crippen LogP contribution in [-0.4, -0.2) is 25.0 Å². The third-order valence-corrected chi connectivity index (χ3v) is 3.15. The summed E-state index contributed by atoms with van der Waals surface area (Å²) in [5, 5.41) is 9.72. The van der Waals surface area contributed by atoms with Gasteiger partial charge in [-0.25, -0.2) is 0 Å². The number of hydrogen-bond acceptors (Lipinski definition) is 3. The van der Waals surface area contributed by atoms with Gasteiger partial charge in [0.15, 0.2) is 0 Å². The van der Waals surface area contributed by atoms with Gasteiger partial charge >= 0.3 is 0 Å². The van der Waals surface area contributed by atoms with E-state index in [1.807, 2.05) is 24.3 Å². The second-order valence-electron chi connectivity index (χ2n) is 4.78. The number of amides is 1. The smallest absolute Gasteiger partial charge is 0.221 e. The lowest BCUT2D eigenvalue weighted by atomic mass is 10.1. The van der Waals surface area contributed by atoms with Gasteiger partial charge in [-0.15, -0.1) is 0 Å². The monoisotopic (exact) mass is 247 g/mol. The first-order valence-corrected chi connectivity index (χ1v) is 6.59. The van der Waals surface area contributed by atoms with Crippen LogP contribution in [0, 0.1) is 0 Å². The molecule has 3 N–H and O–H groups in total. The molecule has 1 amide bonds. The fourth-order valence-corrected chi connectivity index (χ4v) is 2.25. The highest BCUT2D eigenvalue weighted by molar-refractivity contribution is 5.88. The molecule has 0 bridgehead atoms. The Morgan fingerprint density at radius 2 is 1.89 bits per heavy atom. The van der Waals surface area contributed by atoms with Gasteiger partial charge in [0.1, 0.15) is 0 Å². The maximum atomic E-state index is 10.9. The zero-order valence-electron chi connectivity index (χ0n) is 10.8. The van der Waals surface area contributed by atoms with Crippen molar-refractivity contribution in [2.75, 3.05) is 23.7 Å². The summed E-state index contributed by atoms with van der Waals surface area (Å²) in [6.45, 7) is 3.73. The highest BCUT2D eigenvalue weighted by atomic mass is 16.1. The average Bonchev–Trinajstić information content (AvgIpc) is 2.60. The minimum Gasteiger partial charge on any atom is -0.382 e. The van der Waals surface area contributed by atoms with Crippen LogP contribution in [0.25, 0.3) is 0 Å². The Morgan fingerprint density at radius 3 is 2.61 bits per heavy atom. The first-order chi connectivity index (χ1) is 8.74. The van der Waals surface area contributed by atoms with Crippen LogP contribution < -0.4 is 16.0 Å². The Bertz CT molecular complexity index is 381. The predicted molar refractivity (Wildman–Crippen MR) is 74.9 cm³/mol. The second-order valence-corrected chi connectivity index (χ2v) is 4.78. The lowest BCUT2D eigenvalue weighted by molar-refractivity contribution is -0.114. The number of carbonyl (C=O) groups excluding carboxylic acids is 1. The number of rotatable bonds is 3. The van der Waals surface area contributed by atoms with Crippen LogP contribution in [0.2, 0.25) is 0 Å². The Labute approximate surface area is 108 Å². The van der Waals surface area contributed by atoms with E-state index in [0.717, 1.165) is 30.9 Å². The minimum absolute atomic E-state index is 0.0365. The molecule has 1 aliphatic rings. The summed E-state index contributed by atoms with van der Waals surface area (Å²) in [4.78, 5) is 10.9. The van der Waals surface area contributed by atoms with Crippen molar-refractivity contribution in [2.45, 2.75) is 32.2 Å². The lowest BCUT2D eigenvalue weighted by Crippen LogP contribution is -2.21. The van der Waals surface area contributed by atoms with Crippen LogP contribution in [0.15, 0.2) is 24.3 Å². The molecule has 0 saturated carbocycles. The molecule has 0 aromatic heterocycles. The summed E-state index contributed by atoms with van der Waals surface area (Å²) in [5.41, 5.74) is 1.96. The van der Waals surface area contributed by atoms with Crippen LogP contribution in [0.4, 0.5) is 11.4 Å². The molecule has 1 atom stereocenters. The SMILES string of the molecule is CC(=O)Nc1ccc(NC2CCCNCC2)cc1. The summed E-state index contributed by atoms with van der Waals surface area (Å²) < 4.78 is 0. The van der Waals surface area contributed by atoms with E-state index >= 15 is 0 Å². The fraction of sp³-hybridized carbons (Fsp3) is 0.500. The Hall–Kier alpha value is -1.55. The number of hydrogen-bond donors (Lipinski definition) is 3. The van der Waals surface area contributed by atoms with Gasteiger partial charge in [-0.1, -0.05) is 0 Å². The summed E-state index contributed by atoms with van der Waals surface area (Å²) in [5.74, 6) is -0.0365. The molecule has 18 heavy (non-hydrogen) atoms. The Morgan fingerprint density at radius 1 is 1.17 bits per heavy atom. The molecule has 1 heterocycles. The van der Waals surface area contributed by atoms with Crippen LogP contribution in [-0.2, 0) is 4.79 Å². The van der Waals surface area contributed by atoms with E-state index in [1.165, 1.54) is 19.8 Å². The molecule has 1 aliphatic heterocycles. The van der Waals surface area contributed by atoms with Crippen molar-refractivity contribution in [3.05, 3.63) is 24.3 Å². The Balaban J connectivity index is 1.90. The van der Waals surface area contributed by atoms with E-state index in [4.69, 9.17) is 0 Å². The van der Waals surface area contributed by atoms with Crippen molar-refractivity contribution in [2.24, 2.45) is 0 Å². The van der Waals surface area contributed by atoms with Crippen molar-refractivity contribution >= 4 is 17.3 Å². The molecule has 1 fully saturated rings. The van der Waals surface area contributed by atoms with Gasteiger partial charge in [0.2, 0.25) is 5.91 Å². The van der Waals surface area contributed by atoms with E-state index in [0.29, 0.717) is 6.04 Å². The van der Waals surface area contributed by atoms with E-state index in [1.54, 1.807) is 0 Å². The number of carbonyl (C=O) groups is 1. The van der Waals surface area contributed by atoms with Gasteiger partial charge in [-0.05, 0) is 56.6 Å². The summed E-state index contributed by atoms with van der Waals surface area (Å²) in [7, 11) is 0. The fourth-order valence-electron chi connectivity index (χ4n) is 2.25. The molecular formula is C14H21N3O. The van der Waals surface area contributed by atoms with Crippen molar-refractivity contribution in [3.8, 4) is 0 Å². The number of anilines is 2.